The van der Waals surface area contributed by atoms with E-state index in [4.69, 9.17) is 0 Å². The molecule has 0 saturated heterocycles. The van der Waals surface area contributed by atoms with Crippen LogP contribution in [0.1, 0.15) is 0 Å². The number of hydrogen-bond acceptors (Lipinski definition) is 4. The van der Waals surface area contributed by atoms with E-state index in [2.05, 4.69) is 20.2 Å². The van der Waals surface area contributed by atoms with Crippen LogP contribution < -0.4 is 0 Å². The van der Waals surface area contributed by atoms with Crippen LogP contribution in [0.2, 0.25) is 0 Å². The first-order valence-corrected chi connectivity index (χ1v) is 6.01. The van der Waals surface area contributed by atoms with Gasteiger partial charge in [0.05, 0.1) is 5.39 Å². The number of benzene rings is 1. The number of aryl methyl sites for hydroxylation is 1. The quantitative estimate of drug-likeness (QED) is 0.528. The average Bonchev–Trinajstić information content (AvgIpc) is 3.01. The fraction of sp³-hybridized carbons (Fsp3) is 0.0769. The fourth-order valence-electron chi connectivity index (χ4n) is 2.15. The van der Waals surface area contributed by atoms with Crippen molar-refractivity contribution in [2.45, 2.75) is 0 Å². The predicted octanol–water partition coefficient (Wildman–Crippen LogP) is 1.82. The van der Waals surface area contributed by atoms with Crippen LogP contribution >= 0.6 is 0 Å². The number of aromatic nitrogens is 6. The van der Waals surface area contributed by atoms with Crippen molar-refractivity contribution in [3.05, 3.63) is 42.6 Å². The summed E-state index contributed by atoms with van der Waals surface area (Å²) in [4.78, 5) is 8.71. The summed E-state index contributed by atoms with van der Waals surface area (Å²) in [5.74, 6) is 0.247. The van der Waals surface area contributed by atoms with Crippen LogP contribution in [0.15, 0.2) is 36.8 Å². The van der Waals surface area contributed by atoms with Crippen LogP contribution in [-0.4, -0.2) is 29.4 Å². The second-order valence-electron chi connectivity index (χ2n) is 4.50. The van der Waals surface area contributed by atoms with Gasteiger partial charge >= 0.3 is 0 Å². The lowest BCUT2D eigenvalue weighted by Gasteiger charge is -1.92. The SMILES string of the molecule is Cn1cc2c(ncn3nc(-c4ccc(F)cc4)nc23)n1. The molecule has 0 N–H and O–H groups in total. The van der Waals surface area contributed by atoms with Crippen LogP contribution in [0.25, 0.3) is 28.1 Å². The lowest BCUT2D eigenvalue weighted by atomic mass is 10.2. The molecule has 0 amide bonds. The molecule has 0 bridgehead atoms. The summed E-state index contributed by atoms with van der Waals surface area (Å²) in [6.45, 7) is 0. The standard InChI is InChI=1S/C13H9FN6/c1-19-6-10-12(17-19)15-7-20-13(10)16-11(18-20)8-2-4-9(14)5-3-8/h2-7H,1H3. The molecule has 0 aliphatic heterocycles. The van der Waals surface area contributed by atoms with Crippen LogP contribution in [-0.2, 0) is 7.05 Å². The zero-order valence-electron chi connectivity index (χ0n) is 10.5. The minimum atomic E-state index is -0.283. The summed E-state index contributed by atoms with van der Waals surface area (Å²) in [7, 11) is 1.83. The van der Waals surface area contributed by atoms with E-state index < -0.39 is 0 Å². The Hall–Kier alpha value is -2.83. The molecule has 0 fully saturated rings. The van der Waals surface area contributed by atoms with E-state index in [-0.39, 0.29) is 5.82 Å². The Morgan fingerprint density at radius 3 is 2.70 bits per heavy atom. The minimum Gasteiger partial charge on any atom is -0.273 e. The molecule has 4 aromatic rings. The van der Waals surface area contributed by atoms with E-state index in [0.29, 0.717) is 17.1 Å². The predicted molar refractivity (Wildman–Crippen MR) is 70.4 cm³/mol. The third-order valence-corrected chi connectivity index (χ3v) is 3.07. The Bertz CT molecular complexity index is 921. The fourth-order valence-corrected chi connectivity index (χ4v) is 2.15. The second kappa shape index (κ2) is 3.83. The summed E-state index contributed by atoms with van der Waals surface area (Å²) in [6.07, 6.45) is 3.42. The van der Waals surface area contributed by atoms with Crippen molar-refractivity contribution in [2.24, 2.45) is 7.05 Å². The van der Waals surface area contributed by atoms with Crippen molar-refractivity contribution in [3.8, 4) is 11.4 Å². The van der Waals surface area contributed by atoms with Crippen LogP contribution in [0.5, 0.6) is 0 Å². The molecule has 7 heteroatoms. The van der Waals surface area contributed by atoms with Gasteiger partial charge in [-0.3, -0.25) is 4.68 Å². The molecular weight excluding hydrogens is 259 g/mol. The highest BCUT2D eigenvalue weighted by Gasteiger charge is 2.11. The zero-order chi connectivity index (χ0) is 13.7. The maximum absolute atomic E-state index is 13.0. The number of fused-ring (bicyclic) bond motifs is 3. The molecule has 0 unspecified atom stereocenters. The molecule has 3 aromatic heterocycles. The summed E-state index contributed by atoms with van der Waals surface area (Å²) in [5, 5.41) is 9.42. The summed E-state index contributed by atoms with van der Waals surface area (Å²) >= 11 is 0. The van der Waals surface area contributed by atoms with Gasteiger partial charge in [0.2, 0.25) is 0 Å². The smallest absolute Gasteiger partial charge is 0.186 e. The third kappa shape index (κ3) is 1.56. The molecule has 0 aliphatic carbocycles. The Balaban J connectivity index is 1.98. The summed E-state index contributed by atoms with van der Waals surface area (Å²) in [5.41, 5.74) is 2.06. The molecular formula is C13H9FN6. The summed E-state index contributed by atoms with van der Waals surface area (Å²) < 4.78 is 16.2. The average molecular weight is 268 g/mol. The molecule has 1 aromatic carbocycles. The minimum absolute atomic E-state index is 0.283. The van der Waals surface area contributed by atoms with Gasteiger partial charge in [-0.05, 0) is 24.3 Å². The van der Waals surface area contributed by atoms with Gasteiger partial charge in [0.1, 0.15) is 12.1 Å². The monoisotopic (exact) mass is 268 g/mol. The van der Waals surface area contributed by atoms with E-state index in [1.165, 1.54) is 12.1 Å². The van der Waals surface area contributed by atoms with Crippen molar-refractivity contribution >= 4 is 16.7 Å². The van der Waals surface area contributed by atoms with Gasteiger partial charge in [0.25, 0.3) is 0 Å². The normalized spacial score (nSPS) is 11.5. The van der Waals surface area contributed by atoms with Gasteiger partial charge in [0.15, 0.2) is 17.1 Å². The Kier molecular flexibility index (Phi) is 2.11. The highest BCUT2D eigenvalue weighted by Crippen LogP contribution is 2.20. The molecule has 0 spiro atoms. The highest BCUT2D eigenvalue weighted by molar-refractivity contribution is 5.88. The first-order valence-electron chi connectivity index (χ1n) is 6.01. The Labute approximate surface area is 112 Å². The van der Waals surface area contributed by atoms with E-state index in [1.54, 1.807) is 27.7 Å². The number of hydrogen-bond donors (Lipinski definition) is 0. The number of halogens is 1. The maximum Gasteiger partial charge on any atom is 0.186 e. The van der Waals surface area contributed by atoms with Crippen LogP contribution in [0, 0.1) is 5.82 Å². The molecule has 4 rings (SSSR count). The van der Waals surface area contributed by atoms with Crippen molar-refractivity contribution in [2.75, 3.05) is 0 Å². The molecule has 0 saturated carbocycles. The van der Waals surface area contributed by atoms with E-state index in [9.17, 15) is 4.39 Å². The molecule has 0 radical (unpaired) electrons. The molecule has 6 nitrogen and oxygen atoms in total. The molecule has 98 valence electrons. The Morgan fingerprint density at radius 2 is 1.90 bits per heavy atom. The highest BCUT2D eigenvalue weighted by atomic mass is 19.1. The van der Waals surface area contributed by atoms with Gasteiger partial charge in [-0.25, -0.2) is 18.9 Å². The lowest BCUT2D eigenvalue weighted by Crippen LogP contribution is -1.90. The molecule has 0 aliphatic rings. The van der Waals surface area contributed by atoms with E-state index in [1.807, 2.05) is 13.2 Å². The third-order valence-electron chi connectivity index (χ3n) is 3.07. The second-order valence-corrected chi connectivity index (χ2v) is 4.50. The maximum atomic E-state index is 13.0. The number of nitrogens with zero attached hydrogens (tertiary/aromatic N) is 6. The topological polar surface area (TPSA) is 60.9 Å². The largest absolute Gasteiger partial charge is 0.273 e. The van der Waals surface area contributed by atoms with Gasteiger partial charge in [-0.1, -0.05) is 0 Å². The van der Waals surface area contributed by atoms with E-state index >= 15 is 0 Å². The lowest BCUT2D eigenvalue weighted by molar-refractivity contribution is 0.628. The van der Waals surface area contributed by atoms with Gasteiger partial charge in [0, 0.05) is 18.8 Å². The Morgan fingerprint density at radius 1 is 1.10 bits per heavy atom. The first kappa shape index (κ1) is 11.0. The van der Waals surface area contributed by atoms with Crippen molar-refractivity contribution in [1.82, 2.24) is 29.4 Å². The molecule has 0 atom stereocenters. The summed E-state index contributed by atoms with van der Waals surface area (Å²) in [6, 6.07) is 6.08. The van der Waals surface area contributed by atoms with Gasteiger partial charge in [-0.15, -0.1) is 5.10 Å². The van der Waals surface area contributed by atoms with Crippen molar-refractivity contribution in [3.63, 3.8) is 0 Å². The van der Waals surface area contributed by atoms with Gasteiger partial charge in [-0.2, -0.15) is 5.10 Å². The first-order chi connectivity index (χ1) is 9.70. The molecule has 3 heterocycles. The van der Waals surface area contributed by atoms with Gasteiger partial charge < -0.3 is 0 Å². The van der Waals surface area contributed by atoms with Crippen LogP contribution in [0.3, 0.4) is 0 Å². The zero-order valence-corrected chi connectivity index (χ0v) is 10.5. The van der Waals surface area contributed by atoms with Crippen molar-refractivity contribution in [1.29, 1.82) is 0 Å². The van der Waals surface area contributed by atoms with Crippen molar-refractivity contribution < 1.29 is 4.39 Å². The molecule has 20 heavy (non-hydrogen) atoms. The van der Waals surface area contributed by atoms with E-state index in [0.717, 1.165) is 10.9 Å². The number of rotatable bonds is 1. The van der Waals surface area contributed by atoms with Crippen LogP contribution in [0.4, 0.5) is 4.39 Å².